The Balaban J connectivity index is 1.13. The summed E-state index contributed by atoms with van der Waals surface area (Å²) in [5.74, 6) is -0.242. The molecule has 0 unspecified atom stereocenters. The second-order valence-corrected chi connectivity index (χ2v) is 20.7. The number of fused-ring (bicyclic) bond motifs is 7. The van der Waals surface area contributed by atoms with Crippen molar-refractivity contribution < 1.29 is 69.3 Å². The van der Waals surface area contributed by atoms with E-state index in [-0.39, 0.29) is 46.6 Å². The van der Waals surface area contributed by atoms with Gasteiger partial charge in [0, 0.05) is 0 Å². The normalized spacial score (nSPS) is 53.7. The Morgan fingerprint density at radius 3 is 2.14 bits per heavy atom. The summed E-state index contributed by atoms with van der Waals surface area (Å²) in [6.07, 6.45) is -8.06. The highest BCUT2D eigenvalue weighted by Gasteiger charge is 2.72. The van der Waals surface area contributed by atoms with Crippen LogP contribution in [-0.2, 0) is 28.5 Å². The molecule has 0 aromatic rings. The number of methoxy groups -OCH3 is 1. The van der Waals surface area contributed by atoms with Crippen LogP contribution < -0.4 is 0 Å². The van der Waals surface area contributed by atoms with Gasteiger partial charge in [-0.1, -0.05) is 60.1 Å². The number of ether oxygens (including phenoxy) is 5. The van der Waals surface area contributed by atoms with Crippen molar-refractivity contribution in [3.63, 3.8) is 0 Å². The Bertz CT molecular complexity index is 1520. The third-order valence-electron chi connectivity index (χ3n) is 17.0. The standard InChI is InChI=1S/C42H68O14/c1-37(2)13-14-42(36(51)52-8)21(15-37)20-9-10-26-39(5)16-22(43)33(38(3,4)25(39)11-12-40(26,6)41(20,7)17-27(42)45)56-35-32(50)30(48)29(47)24(55-35)19-54-34-31(49)28(46)23(44)18-53-34/h9,21-35,43-50H,10-19H2,1-8H3/t21-,22-,23-,24+,25-,26+,27+,28-,29+,30-,31+,32+,33-,34-,35-,39-,40+,41+,42+/m0/s1. The zero-order chi connectivity index (χ0) is 41.1. The van der Waals surface area contributed by atoms with Crippen LogP contribution in [0.5, 0.6) is 0 Å². The summed E-state index contributed by atoms with van der Waals surface area (Å²) < 4.78 is 28.8. The van der Waals surface area contributed by atoms with Crippen molar-refractivity contribution in [3.05, 3.63) is 11.6 Å². The fourth-order valence-electron chi connectivity index (χ4n) is 13.7. The third kappa shape index (κ3) is 6.21. The van der Waals surface area contributed by atoms with E-state index in [1.54, 1.807) is 0 Å². The second-order valence-electron chi connectivity index (χ2n) is 20.7. The molecule has 6 fully saturated rings. The van der Waals surface area contributed by atoms with Crippen LogP contribution in [-0.4, -0.2) is 141 Å². The number of allylic oxidation sites excluding steroid dienone is 2. The molecule has 8 N–H and O–H groups in total. The van der Waals surface area contributed by atoms with Crippen molar-refractivity contribution in [2.24, 2.45) is 50.2 Å². The molecule has 0 bridgehead atoms. The molecule has 0 radical (unpaired) electrons. The monoisotopic (exact) mass is 796 g/mol. The molecule has 2 saturated heterocycles. The van der Waals surface area contributed by atoms with E-state index in [0.29, 0.717) is 19.3 Å². The van der Waals surface area contributed by atoms with Crippen LogP contribution in [0.2, 0.25) is 0 Å². The van der Waals surface area contributed by atoms with Gasteiger partial charge in [-0.05, 0) is 96.2 Å². The molecule has 2 aliphatic heterocycles. The van der Waals surface area contributed by atoms with E-state index >= 15 is 0 Å². The summed E-state index contributed by atoms with van der Waals surface area (Å²) in [5.41, 5.74) is -1.34. The molecule has 7 rings (SSSR count). The molecule has 320 valence electrons. The summed E-state index contributed by atoms with van der Waals surface area (Å²) in [6.45, 7) is 14.9. The number of carbonyl (C=O) groups is 1. The lowest BCUT2D eigenvalue weighted by Gasteiger charge is -2.72. The van der Waals surface area contributed by atoms with Crippen LogP contribution >= 0.6 is 0 Å². The lowest BCUT2D eigenvalue weighted by atomic mass is 9.33. The maximum absolute atomic E-state index is 13.7. The fourth-order valence-corrected chi connectivity index (χ4v) is 13.7. The zero-order valence-corrected chi connectivity index (χ0v) is 34.3. The predicted octanol–water partition coefficient (Wildman–Crippen LogP) is 1.55. The van der Waals surface area contributed by atoms with E-state index in [2.05, 4.69) is 54.5 Å². The van der Waals surface area contributed by atoms with Gasteiger partial charge >= 0.3 is 5.97 Å². The first-order chi connectivity index (χ1) is 26.0. The van der Waals surface area contributed by atoms with E-state index in [4.69, 9.17) is 23.7 Å². The first kappa shape index (κ1) is 42.8. The van der Waals surface area contributed by atoms with Gasteiger partial charge in [0.2, 0.25) is 0 Å². The zero-order valence-electron chi connectivity index (χ0n) is 34.3. The van der Waals surface area contributed by atoms with E-state index in [1.807, 2.05) is 0 Å². The lowest BCUT2D eigenvalue weighted by molar-refractivity contribution is -0.349. The number of esters is 1. The van der Waals surface area contributed by atoms with Crippen LogP contribution in [0.3, 0.4) is 0 Å². The van der Waals surface area contributed by atoms with Crippen LogP contribution in [0.1, 0.15) is 99.8 Å². The number of hydrogen-bond acceptors (Lipinski definition) is 14. The average Bonchev–Trinajstić information content (AvgIpc) is 3.12. The minimum atomic E-state index is -1.68. The molecular formula is C42H68O14. The molecule has 14 heteroatoms. The summed E-state index contributed by atoms with van der Waals surface area (Å²) in [4.78, 5) is 13.7. The number of aliphatic hydroxyl groups is 8. The van der Waals surface area contributed by atoms with Crippen molar-refractivity contribution in [2.75, 3.05) is 20.3 Å². The molecular weight excluding hydrogens is 728 g/mol. The molecule has 0 spiro atoms. The molecule has 0 aromatic heterocycles. The van der Waals surface area contributed by atoms with Gasteiger partial charge in [-0.25, -0.2) is 0 Å². The third-order valence-corrected chi connectivity index (χ3v) is 17.0. The number of hydrogen-bond donors (Lipinski definition) is 8. The van der Waals surface area contributed by atoms with E-state index in [0.717, 1.165) is 32.1 Å². The highest BCUT2D eigenvalue weighted by molar-refractivity contribution is 5.79. The van der Waals surface area contributed by atoms with Gasteiger partial charge in [0.25, 0.3) is 0 Å². The van der Waals surface area contributed by atoms with Crippen molar-refractivity contribution in [1.29, 1.82) is 0 Å². The van der Waals surface area contributed by atoms with Gasteiger partial charge in [0.1, 0.15) is 48.1 Å². The molecule has 56 heavy (non-hydrogen) atoms. The van der Waals surface area contributed by atoms with Crippen molar-refractivity contribution in [2.45, 2.75) is 173 Å². The minimum Gasteiger partial charge on any atom is -0.468 e. The van der Waals surface area contributed by atoms with Crippen LogP contribution in [0, 0.1) is 50.2 Å². The maximum Gasteiger partial charge on any atom is 0.315 e. The summed E-state index contributed by atoms with van der Waals surface area (Å²) in [5, 5.41) is 87.2. The number of rotatable bonds is 6. The first-order valence-corrected chi connectivity index (χ1v) is 20.8. The van der Waals surface area contributed by atoms with E-state index < -0.39 is 96.5 Å². The molecule has 5 aliphatic carbocycles. The first-order valence-electron chi connectivity index (χ1n) is 20.8. The van der Waals surface area contributed by atoms with Gasteiger partial charge in [-0.3, -0.25) is 4.79 Å². The Labute approximate surface area is 330 Å². The van der Waals surface area contributed by atoms with E-state index in [9.17, 15) is 45.6 Å². The highest BCUT2D eigenvalue weighted by atomic mass is 16.7. The second kappa shape index (κ2) is 14.4. The smallest absolute Gasteiger partial charge is 0.315 e. The summed E-state index contributed by atoms with van der Waals surface area (Å²) in [7, 11) is 1.43. The lowest BCUT2D eigenvalue weighted by Crippen LogP contribution is -2.69. The molecule has 2 heterocycles. The van der Waals surface area contributed by atoms with Gasteiger partial charge < -0.3 is 64.5 Å². The molecule has 7 aliphatic rings. The molecule has 0 amide bonds. The van der Waals surface area contributed by atoms with Crippen LogP contribution in [0.4, 0.5) is 0 Å². The number of aliphatic hydroxyl groups excluding tert-OH is 8. The van der Waals surface area contributed by atoms with Crippen molar-refractivity contribution in [3.8, 4) is 0 Å². The van der Waals surface area contributed by atoms with Gasteiger partial charge in [-0.15, -0.1) is 0 Å². The van der Waals surface area contributed by atoms with Gasteiger partial charge in [-0.2, -0.15) is 0 Å². The Hall–Kier alpha value is -1.27. The van der Waals surface area contributed by atoms with Crippen LogP contribution in [0.15, 0.2) is 11.6 Å². The Morgan fingerprint density at radius 2 is 1.46 bits per heavy atom. The topological polar surface area (TPSA) is 225 Å². The Kier molecular flexibility index (Phi) is 11.0. The van der Waals surface area contributed by atoms with Crippen LogP contribution in [0.25, 0.3) is 0 Å². The summed E-state index contributed by atoms with van der Waals surface area (Å²) in [6, 6.07) is 0. The van der Waals surface area contributed by atoms with Gasteiger partial charge in [0.05, 0.1) is 38.6 Å². The largest absolute Gasteiger partial charge is 0.468 e. The minimum absolute atomic E-state index is 0.00601. The maximum atomic E-state index is 13.7. The SMILES string of the molecule is COC(=O)[C@]12CCC(C)(C)C[C@H]1C1=CC[C@@H]3[C@@]4(C)C[C@H](O)[C@H](O[C@@H]5O[C@H](CO[C@@H]6OC[C@H](O)[C@H](O)[C@H]6O)[C@@H](O)[C@H](O)[C@H]5O)C(C)(C)[C@@H]4CC[C@@]3(C)[C@]1(C)C[C@H]2O. The Morgan fingerprint density at radius 1 is 0.786 bits per heavy atom. The molecule has 0 aromatic carbocycles. The molecule has 19 atom stereocenters. The van der Waals surface area contributed by atoms with E-state index in [1.165, 1.54) is 12.7 Å². The van der Waals surface area contributed by atoms with Gasteiger partial charge in [0.15, 0.2) is 12.6 Å². The highest BCUT2D eigenvalue weighted by Crippen LogP contribution is 2.76. The van der Waals surface area contributed by atoms with Crippen molar-refractivity contribution in [1.82, 2.24) is 0 Å². The molecule has 4 saturated carbocycles. The fraction of sp³-hybridized carbons (Fsp3) is 0.929. The number of carbonyl (C=O) groups excluding carboxylic acids is 1. The van der Waals surface area contributed by atoms with Crippen molar-refractivity contribution >= 4 is 5.97 Å². The molecule has 14 nitrogen and oxygen atoms in total. The predicted molar refractivity (Wildman–Crippen MR) is 199 cm³/mol. The summed E-state index contributed by atoms with van der Waals surface area (Å²) >= 11 is 0. The quantitative estimate of drug-likeness (QED) is 0.109. The average molecular weight is 797 g/mol.